The molecule has 0 amide bonds. The van der Waals surface area contributed by atoms with E-state index in [4.69, 9.17) is 9.90 Å². The van der Waals surface area contributed by atoms with Gasteiger partial charge < -0.3 is 5.11 Å². The van der Waals surface area contributed by atoms with Crippen LogP contribution in [0.2, 0.25) is 0 Å². The van der Waals surface area contributed by atoms with E-state index < -0.39 is 0 Å². The highest BCUT2D eigenvalue weighted by Gasteiger charge is 2.07. The van der Waals surface area contributed by atoms with Crippen molar-refractivity contribution in [2.75, 3.05) is 0 Å². The molecule has 0 aromatic carbocycles. The number of hydrogen-bond acceptors (Lipinski definition) is 1. The van der Waals surface area contributed by atoms with Crippen LogP contribution in [0.15, 0.2) is 25.8 Å². The van der Waals surface area contributed by atoms with Crippen LogP contribution in [0.3, 0.4) is 0 Å². The van der Waals surface area contributed by atoms with Crippen LogP contribution in [0.25, 0.3) is 0 Å². The summed E-state index contributed by atoms with van der Waals surface area (Å²) in [6.07, 6.45) is 9.20. The Labute approximate surface area is 81.0 Å². The fourth-order valence-electron chi connectivity index (χ4n) is 1.37. The molecule has 2 heteroatoms. The Morgan fingerprint density at radius 3 is 1.77 bits per heavy atom. The van der Waals surface area contributed by atoms with Crippen LogP contribution < -0.4 is 0 Å². The molecule has 0 saturated heterocycles. The van der Waals surface area contributed by atoms with Crippen molar-refractivity contribution in [3.63, 3.8) is 0 Å². The first-order valence-electron chi connectivity index (χ1n) is 4.55. The maximum absolute atomic E-state index is 8.36. The maximum Gasteiger partial charge on any atom is 0.290 e. The summed E-state index contributed by atoms with van der Waals surface area (Å²) in [5, 5.41) is 6.89. The second-order valence-corrected chi connectivity index (χ2v) is 2.74. The fourth-order valence-corrected chi connectivity index (χ4v) is 1.37. The van der Waals surface area contributed by atoms with Crippen LogP contribution in [0.5, 0.6) is 0 Å². The SMILES string of the molecule is C=C.C=CC1CCCCC1.O=CO. The van der Waals surface area contributed by atoms with Gasteiger partial charge in [-0.05, 0) is 18.8 Å². The summed E-state index contributed by atoms with van der Waals surface area (Å²) >= 11 is 0. The molecule has 1 N–H and O–H groups in total. The number of hydrogen-bond donors (Lipinski definition) is 1. The minimum Gasteiger partial charge on any atom is -0.483 e. The van der Waals surface area contributed by atoms with Crippen LogP contribution in [0, 0.1) is 5.92 Å². The van der Waals surface area contributed by atoms with Gasteiger partial charge in [0.05, 0.1) is 0 Å². The third-order valence-corrected chi connectivity index (χ3v) is 1.98. The molecular weight excluding hydrogens is 164 g/mol. The lowest BCUT2D eigenvalue weighted by atomic mass is 9.90. The smallest absolute Gasteiger partial charge is 0.290 e. The molecular formula is C11H20O2. The van der Waals surface area contributed by atoms with Crippen molar-refractivity contribution >= 4 is 6.47 Å². The molecule has 1 fully saturated rings. The van der Waals surface area contributed by atoms with Crippen molar-refractivity contribution in [2.24, 2.45) is 5.92 Å². The highest BCUT2D eigenvalue weighted by Crippen LogP contribution is 2.23. The Morgan fingerprint density at radius 2 is 1.54 bits per heavy atom. The first-order valence-corrected chi connectivity index (χ1v) is 4.55. The van der Waals surface area contributed by atoms with Crippen LogP contribution in [-0.4, -0.2) is 11.6 Å². The number of allylic oxidation sites excluding steroid dienone is 1. The molecule has 0 aliphatic heterocycles. The molecule has 0 unspecified atom stereocenters. The van der Waals surface area contributed by atoms with Gasteiger partial charge in [-0.3, -0.25) is 4.79 Å². The van der Waals surface area contributed by atoms with Crippen molar-refractivity contribution in [1.29, 1.82) is 0 Å². The zero-order valence-electron chi connectivity index (χ0n) is 8.24. The summed E-state index contributed by atoms with van der Waals surface area (Å²) in [6, 6.07) is 0. The molecule has 0 aromatic rings. The first kappa shape index (κ1) is 14.5. The van der Waals surface area contributed by atoms with Crippen LogP contribution in [0.1, 0.15) is 32.1 Å². The minimum atomic E-state index is -0.250. The van der Waals surface area contributed by atoms with Crippen LogP contribution in [0.4, 0.5) is 0 Å². The third kappa shape index (κ3) is 10.9. The van der Waals surface area contributed by atoms with Crippen molar-refractivity contribution in [2.45, 2.75) is 32.1 Å². The molecule has 0 atom stereocenters. The molecule has 13 heavy (non-hydrogen) atoms. The Kier molecular flexibility index (Phi) is 15.1. The number of rotatable bonds is 1. The van der Waals surface area contributed by atoms with Gasteiger partial charge >= 0.3 is 0 Å². The van der Waals surface area contributed by atoms with Gasteiger partial charge in [0.1, 0.15) is 0 Å². The van der Waals surface area contributed by atoms with Gasteiger partial charge in [-0.15, -0.1) is 19.7 Å². The van der Waals surface area contributed by atoms with Gasteiger partial charge in [0, 0.05) is 0 Å². The Morgan fingerprint density at radius 1 is 1.15 bits per heavy atom. The van der Waals surface area contributed by atoms with E-state index in [2.05, 4.69) is 25.8 Å². The summed E-state index contributed by atoms with van der Waals surface area (Å²) in [6.45, 7) is 9.53. The van der Waals surface area contributed by atoms with Gasteiger partial charge in [0.2, 0.25) is 0 Å². The molecule has 1 rings (SSSR count). The lowest BCUT2D eigenvalue weighted by Crippen LogP contribution is -2.01. The lowest BCUT2D eigenvalue weighted by Gasteiger charge is -2.16. The zero-order chi connectivity index (χ0) is 10.5. The Hall–Kier alpha value is -1.05. The normalized spacial score (nSPS) is 15.4. The van der Waals surface area contributed by atoms with Gasteiger partial charge in [0.15, 0.2) is 0 Å². The molecule has 2 nitrogen and oxygen atoms in total. The van der Waals surface area contributed by atoms with Gasteiger partial charge in [-0.1, -0.05) is 25.3 Å². The average Bonchev–Trinajstić information content (AvgIpc) is 2.23. The van der Waals surface area contributed by atoms with E-state index in [-0.39, 0.29) is 6.47 Å². The molecule has 76 valence electrons. The molecule has 1 saturated carbocycles. The van der Waals surface area contributed by atoms with Crippen molar-refractivity contribution < 1.29 is 9.90 Å². The summed E-state index contributed by atoms with van der Waals surface area (Å²) in [4.78, 5) is 8.36. The molecule has 0 aromatic heterocycles. The molecule has 0 spiro atoms. The quantitative estimate of drug-likeness (QED) is 0.501. The fraction of sp³-hybridized carbons (Fsp3) is 0.545. The molecule has 1 aliphatic carbocycles. The van der Waals surface area contributed by atoms with E-state index in [0.29, 0.717) is 0 Å². The molecule has 1 aliphatic rings. The molecule has 0 radical (unpaired) electrons. The van der Waals surface area contributed by atoms with E-state index in [0.717, 1.165) is 5.92 Å². The second kappa shape index (κ2) is 13.5. The maximum atomic E-state index is 8.36. The standard InChI is InChI=1S/C8H14.C2H4.CH2O2/c1-2-8-6-4-3-5-7-8;1-2;2-1-3/h2,8H,1,3-7H2;1-2H2;1H,(H,2,3). The largest absolute Gasteiger partial charge is 0.483 e. The Bertz CT molecular complexity index is 115. The average molecular weight is 184 g/mol. The Balaban J connectivity index is 0. The van der Waals surface area contributed by atoms with Crippen LogP contribution >= 0.6 is 0 Å². The highest BCUT2D eigenvalue weighted by molar-refractivity contribution is 5.32. The van der Waals surface area contributed by atoms with Crippen molar-refractivity contribution in [1.82, 2.24) is 0 Å². The van der Waals surface area contributed by atoms with E-state index >= 15 is 0 Å². The number of carbonyl (C=O) groups is 1. The van der Waals surface area contributed by atoms with Gasteiger partial charge in [0.25, 0.3) is 6.47 Å². The minimum absolute atomic E-state index is 0.250. The van der Waals surface area contributed by atoms with Gasteiger partial charge in [-0.2, -0.15) is 0 Å². The van der Waals surface area contributed by atoms with Crippen molar-refractivity contribution in [3.05, 3.63) is 25.8 Å². The predicted molar refractivity (Wildman–Crippen MR) is 56.7 cm³/mol. The summed E-state index contributed by atoms with van der Waals surface area (Å²) in [5.41, 5.74) is 0. The second-order valence-electron chi connectivity index (χ2n) is 2.74. The number of carboxylic acid groups (broad SMARTS) is 1. The third-order valence-electron chi connectivity index (χ3n) is 1.98. The topological polar surface area (TPSA) is 37.3 Å². The monoisotopic (exact) mass is 184 g/mol. The summed E-state index contributed by atoms with van der Waals surface area (Å²) in [7, 11) is 0. The summed E-state index contributed by atoms with van der Waals surface area (Å²) < 4.78 is 0. The van der Waals surface area contributed by atoms with E-state index in [9.17, 15) is 0 Å². The lowest BCUT2D eigenvalue weighted by molar-refractivity contribution is -0.122. The van der Waals surface area contributed by atoms with Crippen LogP contribution in [-0.2, 0) is 4.79 Å². The zero-order valence-corrected chi connectivity index (χ0v) is 8.24. The molecule has 0 bridgehead atoms. The van der Waals surface area contributed by atoms with Crippen molar-refractivity contribution in [3.8, 4) is 0 Å². The van der Waals surface area contributed by atoms with Gasteiger partial charge in [-0.25, -0.2) is 0 Å². The predicted octanol–water partition coefficient (Wildman–Crippen LogP) is 3.26. The summed E-state index contributed by atoms with van der Waals surface area (Å²) in [5.74, 6) is 0.851. The van der Waals surface area contributed by atoms with E-state index in [1.807, 2.05) is 0 Å². The highest BCUT2D eigenvalue weighted by atomic mass is 16.3. The first-order chi connectivity index (χ1) is 6.35. The van der Waals surface area contributed by atoms with E-state index in [1.54, 1.807) is 0 Å². The molecule has 0 heterocycles. The van der Waals surface area contributed by atoms with E-state index in [1.165, 1.54) is 32.1 Å².